The molecule has 1 aromatic heterocycles. The normalized spacial score (nSPS) is 12.2. The summed E-state index contributed by atoms with van der Waals surface area (Å²) in [7, 11) is 1.64. The summed E-state index contributed by atoms with van der Waals surface area (Å²) in [5.41, 5.74) is 2.87. The monoisotopic (exact) mass is 583 g/mol. The summed E-state index contributed by atoms with van der Waals surface area (Å²) in [6.45, 7) is 5.07. The maximum absolute atomic E-state index is 13.1. The highest BCUT2D eigenvalue weighted by atomic mass is 35.5. The first-order chi connectivity index (χ1) is 19.7. The lowest BCUT2D eigenvalue weighted by Gasteiger charge is -2.21. The average molecular weight is 584 g/mol. The van der Waals surface area contributed by atoms with Crippen molar-refractivity contribution >= 4 is 29.4 Å². The number of aliphatic hydroxyl groups is 1. The van der Waals surface area contributed by atoms with Gasteiger partial charge in [0.2, 0.25) is 12.7 Å². The number of aliphatic hydroxyl groups excluding tert-OH is 1. The third-order valence-corrected chi connectivity index (χ3v) is 6.24. The Bertz CT molecular complexity index is 1340. The van der Waals surface area contributed by atoms with Crippen molar-refractivity contribution in [2.45, 2.75) is 44.8 Å². The molecule has 218 valence electrons. The molecule has 0 aliphatic carbocycles. The first-order valence-corrected chi connectivity index (χ1v) is 13.5. The van der Waals surface area contributed by atoms with E-state index in [9.17, 15) is 19.5 Å². The molecule has 0 bridgehead atoms. The number of nitrogens with one attached hydrogen (secondary N) is 1. The Labute approximate surface area is 243 Å². The minimum atomic E-state index is -1.58. The summed E-state index contributed by atoms with van der Waals surface area (Å²) in [4.78, 5) is 37.0. The van der Waals surface area contributed by atoms with Gasteiger partial charge in [-0.05, 0) is 41.7 Å². The molecule has 0 aliphatic rings. The van der Waals surface area contributed by atoms with Crippen LogP contribution in [0.2, 0.25) is 5.02 Å². The molecule has 2 N–H and O–H groups in total. The first kappa shape index (κ1) is 31.4. The maximum atomic E-state index is 13.1. The van der Waals surface area contributed by atoms with E-state index in [1.54, 1.807) is 19.2 Å². The maximum Gasteiger partial charge on any atom is 0.337 e. The molecular weight excluding hydrogens is 550 g/mol. The molecule has 0 radical (unpaired) electrons. The SMILES string of the molecule is C=CCOc1cc(C(=O)N[C@H](Cc2ccc(-c3cccc(Cl)c3)cc2)CC(O)C(=O)OCOC(=O)CCC)nn1C. The van der Waals surface area contributed by atoms with Crippen molar-refractivity contribution in [3.8, 4) is 17.0 Å². The lowest BCUT2D eigenvalue weighted by atomic mass is 9.97. The van der Waals surface area contributed by atoms with Gasteiger partial charge in [0.1, 0.15) is 6.61 Å². The summed E-state index contributed by atoms with van der Waals surface area (Å²) in [6.07, 6.45) is 0.921. The molecule has 0 aliphatic heterocycles. The molecular formula is C30H34ClN3O7. The van der Waals surface area contributed by atoms with E-state index in [-0.39, 0.29) is 25.1 Å². The van der Waals surface area contributed by atoms with Crippen LogP contribution < -0.4 is 10.1 Å². The Hall–Kier alpha value is -4.15. The lowest BCUT2D eigenvalue weighted by molar-refractivity contribution is -0.173. The summed E-state index contributed by atoms with van der Waals surface area (Å²) in [5.74, 6) is -1.61. The Morgan fingerprint density at radius 3 is 2.56 bits per heavy atom. The zero-order chi connectivity index (χ0) is 29.8. The van der Waals surface area contributed by atoms with Crippen LogP contribution in [0.3, 0.4) is 0 Å². The molecule has 10 nitrogen and oxygen atoms in total. The van der Waals surface area contributed by atoms with Crippen LogP contribution >= 0.6 is 11.6 Å². The number of carbonyl (C=O) groups excluding carboxylic acids is 3. The number of amides is 1. The number of aryl methyl sites for hydroxylation is 1. The summed E-state index contributed by atoms with van der Waals surface area (Å²) in [6, 6.07) is 15.9. The number of benzene rings is 2. The summed E-state index contributed by atoms with van der Waals surface area (Å²) in [5, 5.41) is 18.2. The Kier molecular flexibility index (Phi) is 11.9. The Morgan fingerprint density at radius 1 is 1.12 bits per heavy atom. The molecule has 0 fully saturated rings. The van der Waals surface area contributed by atoms with E-state index in [0.717, 1.165) is 16.7 Å². The van der Waals surface area contributed by atoms with Crippen LogP contribution in [-0.4, -0.2) is 58.3 Å². The number of ether oxygens (including phenoxy) is 3. The minimum absolute atomic E-state index is 0.104. The zero-order valence-electron chi connectivity index (χ0n) is 23.0. The van der Waals surface area contributed by atoms with Crippen LogP contribution in [0.25, 0.3) is 11.1 Å². The predicted octanol–water partition coefficient (Wildman–Crippen LogP) is 4.24. The third-order valence-electron chi connectivity index (χ3n) is 6.00. The van der Waals surface area contributed by atoms with E-state index < -0.39 is 36.8 Å². The van der Waals surface area contributed by atoms with E-state index >= 15 is 0 Å². The van der Waals surface area contributed by atoms with Gasteiger partial charge in [-0.1, -0.05) is 67.6 Å². The van der Waals surface area contributed by atoms with Gasteiger partial charge >= 0.3 is 11.9 Å². The van der Waals surface area contributed by atoms with E-state index in [2.05, 4.69) is 17.0 Å². The first-order valence-electron chi connectivity index (χ1n) is 13.1. The van der Waals surface area contributed by atoms with Crippen LogP contribution in [0.4, 0.5) is 0 Å². The minimum Gasteiger partial charge on any atom is -0.474 e. The number of rotatable bonds is 15. The number of aromatic nitrogens is 2. The molecule has 1 amide bonds. The van der Waals surface area contributed by atoms with Gasteiger partial charge in [-0.15, -0.1) is 0 Å². The van der Waals surface area contributed by atoms with Crippen molar-refractivity contribution in [1.82, 2.24) is 15.1 Å². The van der Waals surface area contributed by atoms with E-state index in [4.69, 9.17) is 25.8 Å². The summed E-state index contributed by atoms with van der Waals surface area (Å²) < 4.78 is 16.6. The fraction of sp³-hybridized carbons (Fsp3) is 0.333. The van der Waals surface area contributed by atoms with Gasteiger partial charge in [0.15, 0.2) is 11.8 Å². The second-order valence-corrected chi connectivity index (χ2v) is 9.71. The average Bonchev–Trinajstić information content (AvgIpc) is 3.32. The van der Waals surface area contributed by atoms with Crippen molar-refractivity contribution in [3.05, 3.63) is 83.5 Å². The molecule has 2 atom stereocenters. The number of carbonyl (C=O) groups is 3. The number of hydrogen-bond donors (Lipinski definition) is 2. The van der Waals surface area contributed by atoms with Gasteiger partial charge in [0.25, 0.3) is 5.91 Å². The molecule has 1 unspecified atom stereocenters. The smallest absolute Gasteiger partial charge is 0.337 e. The Morgan fingerprint density at radius 2 is 1.88 bits per heavy atom. The second kappa shape index (κ2) is 15.6. The number of halogens is 1. The fourth-order valence-corrected chi connectivity index (χ4v) is 4.16. The molecule has 41 heavy (non-hydrogen) atoms. The quantitative estimate of drug-likeness (QED) is 0.154. The van der Waals surface area contributed by atoms with Gasteiger partial charge in [-0.2, -0.15) is 5.10 Å². The molecule has 1 heterocycles. The standard InChI is InChI=1S/C30H34ClN3O7/c1-4-7-28(36)40-19-41-30(38)26(35)17-24(32-29(37)25-18-27(34(3)33-25)39-14-5-2)15-20-10-12-21(13-11-20)22-8-6-9-23(31)16-22/h5-6,8-13,16,18,24,26,35H,2,4,7,14-15,17,19H2,1,3H3,(H,32,37)/t24-,26?/m1/s1. The molecule has 3 rings (SSSR count). The van der Waals surface area contributed by atoms with Crippen molar-refractivity contribution in [2.24, 2.45) is 7.05 Å². The van der Waals surface area contributed by atoms with Crippen LogP contribution in [0.15, 0.2) is 67.3 Å². The van der Waals surface area contributed by atoms with Crippen LogP contribution in [0.5, 0.6) is 5.88 Å². The highest BCUT2D eigenvalue weighted by Gasteiger charge is 2.25. The van der Waals surface area contributed by atoms with Crippen LogP contribution in [0, 0.1) is 0 Å². The molecule has 11 heteroatoms. The zero-order valence-corrected chi connectivity index (χ0v) is 23.8. The third kappa shape index (κ3) is 9.77. The van der Waals surface area contributed by atoms with Gasteiger partial charge in [-0.3, -0.25) is 9.59 Å². The van der Waals surface area contributed by atoms with E-state index in [1.807, 2.05) is 49.4 Å². The van der Waals surface area contributed by atoms with Crippen molar-refractivity contribution in [2.75, 3.05) is 13.4 Å². The number of nitrogens with zero attached hydrogens (tertiary/aromatic N) is 2. The number of hydrogen-bond acceptors (Lipinski definition) is 8. The highest BCUT2D eigenvalue weighted by molar-refractivity contribution is 6.30. The van der Waals surface area contributed by atoms with Gasteiger partial charge in [-0.25, -0.2) is 9.48 Å². The van der Waals surface area contributed by atoms with E-state index in [0.29, 0.717) is 23.7 Å². The highest BCUT2D eigenvalue weighted by Crippen LogP contribution is 2.24. The number of esters is 2. The van der Waals surface area contributed by atoms with Gasteiger partial charge in [0, 0.05) is 37.0 Å². The second-order valence-electron chi connectivity index (χ2n) is 9.27. The lowest BCUT2D eigenvalue weighted by Crippen LogP contribution is -2.41. The molecule has 2 aromatic carbocycles. The topological polar surface area (TPSA) is 129 Å². The van der Waals surface area contributed by atoms with Gasteiger partial charge < -0.3 is 24.6 Å². The van der Waals surface area contributed by atoms with Crippen LogP contribution in [-0.2, 0) is 32.5 Å². The predicted molar refractivity (Wildman–Crippen MR) is 153 cm³/mol. The molecule has 0 saturated heterocycles. The van der Waals surface area contributed by atoms with Crippen molar-refractivity contribution in [1.29, 1.82) is 0 Å². The largest absolute Gasteiger partial charge is 0.474 e. The fourth-order valence-electron chi connectivity index (χ4n) is 3.97. The van der Waals surface area contributed by atoms with Crippen LogP contribution in [0.1, 0.15) is 42.2 Å². The van der Waals surface area contributed by atoms with Crippen molar-refractivity contribution < 1.29 is 33.7 Å². The molecule has 0 spiro atoms. The molecule has 3 aromatic rings. The van der Waals surface area contributed by atoms with Crippen molar-refractivity contribution in [3.63, 3.8) is 0 Å². The molecule has 0 saturated carbocycles. The summed E-state index contributed by atoms with van der Waals surface area (Å²) >= 11 is 6.12. The van der Waals surface area contributed by atoms with Gasteiger partial charge in [0.05, 0.1) is 0 Å². The van der Waals surface area contributed by atoms with E-state index in [1.165, 1.54) is 10.7 Å². The Balaban J connectivity index is 1.72.